The molecule has 0 aromatic carbocycles. The van der Waals surface area contributed by atoms with Crippen LogP contribution in [0.4, 0.5) is 0 Å². The van der Waals surface area contributed by atoms with E-state index in [2.05, 4.69) is 17.5 Å². The molecule has 1 aliphatic heterocycles. The third-order valence-electron chi connectivity index (χ3n) is 4.77. The normalized spacial score (nSPS) is 43.7. The van der Waals surface area contributed by atoms with Crippen LogP contribution in [0.25, 0.3) is 0 Å². The SMILES string of the molecule is COC1(CNCC2CC3C=CC2C3)CCOC1. The predicted molar refractivity (Wildman–Crippen MR) is 66.9 cm³/mol. The first-order chi connectivity index (χ1) is 8.31. The number of rotatable bonds is 5. The molecular formula is C14H23NO2. The zero-order valence-corrected chi connectivity index (χ0v) is 10.7. The van der Waals surface area contributed by atoms with Gasteiger partial charge in [0.25, 0.3) is 0 Å². The van der Waals surface area contributed by atoms with Crippen LogP contribution in [0, 0.1) is 17.8 Å². The summed E-state index contributed by atoms with van der Waals surface area (Å²) >= 11 is 0. The summed E-state index contributed by atoms with van der Waals surface area (Å²) in [6.45, 7) is 3.65. The molecule has 17 heavy (non-hydrogen) atoms. The molecule has 0 radical (unpaired) electrons. The molecule has 2 fully saturated rings. The van der Waals surface area contributed by atoms with Crippen molar-refractivity contribution < 1.29 is 9.47 Å². The Morgan fingerprint density at radius 3 is 2.94 bits per heavy atom. The molecule has 4 atom stereocenters. The highest BCUT2D eigenvalue weighted by atomic mass is 16.5. The number of allylic oxidation sites excluding steroid dienone is 2. The minimum atomic E-state index is -0.0620. The van der Waals surface area contributed by atoms with E-state index < -0.39 is 0 Å². The van der Waals surface area contributed by atoms with Crippen LogP contribution in [0.3, 0.4) is 0 Å². The average Bonchev–Trinajstić information content (AvgIpc) is 3.05. The van der Waals surface area contributed by atoms with Crippen LogP contribution in [0.5, 0.6) is 0 Å². The Morgan fingerprint density at radius 1 is 1.41 bits per heavy atom. The lowest BCUT2D eigenvalue weighted by atomic mass is 9.93. The molecular weight excluding hydrogens is 214 g/mol. The Morgan fingerprint density at radius 2 is 2.35 bits per heavy atom. The molecule has 1 N–H and O–H groups in total. The van der Waals surface area contributed by atoms with Crippen molar-refractivity contribution >= 4 is 0 Å². The fourth-order valence-corrected chi connectivity index (χ4v) is 3.58. The summed E-state index contributed by atoms with van der Waals surface area (Å²) in [5, 5.41) is 3.61. The van der Waals surface area contributed by atoms with Gasteiger partial charge in [-0.25, -0.2) is 0 Å². The Balaban J connectivity index is 1.44. The number of hydrogen-bond donors (Lipinski definition) is 1. The highest BCUT2D eigenvalue weighted by Gasteiger charge is 2.37. The average molecular weight is 237 g/mol. The molecule has 3 aliphatic rings. The molecule has 1 saturated heterocycles. The lowest BCUT2D eigenvalue weighted by Gasteiger charge is -2.27. The van der Waals surface area contributed by atoms with E-state index in [1.807, 2.05) is 0 Å². The first kappa shape index (κ1) is 11.7. The molecule has 0 aromatic rings. The van der Waals surface area contributed by atoms with Gasteiger partial charge in [-0.3, -0.25) is 0 Å². The Bertz CT molecular complexity index is 297. The van der Waals surface area contributed by atoms with Crippen molar-refractivity contribution in [1.82, 2.24) is 5.32 Å². The van der Waals surface area contributed by atoms with E-state index >= 15 is 0 Å². The third-order valence-corrected chi connectivity index (χ3v) is 4.77. The molecule has 4 unspecified atom stereocenters. The van der Waals surface area contributed by atoms with Gasteiger partial charge in [-0.1, -0.05) is 12.2 Å². The Labute approximate surface area is 104 Å². The molecule has 0 spiro atoms. The summed E-state index contributed by atoms with van der Waals surface area (Å²) in [4.78, 5) is 0. The van der Waals surface area contributed by atoms with E-state index in [1.165, 1.54) is 12.8 Å². The standard InChI is InChI=1S/C14H23NO2/c1-16-14(4-5-17-10-14)9-15-8-13-7-11-2-3-12(13)6-11/h2-3,11-13,15H,4-10H2,1H3. The lowest BCUT2D eigenvalue weighted by molar-refractivity contribution is -0.0163. The van der Waals surface area contributed by atoms with Crippen molar-refractivity contribution in [3.8, 4) is 0 Å². The maximum absolute atomic E-state index is 5.62. The smallest absolute Gasteiger partial charge is 0.106 e. The summed E-state index contributed by atoms with van der Waals surface area (Å²) in [5.41, 5.74) is -0.0620. The maximum Gasteiger partial charge on any atom is 0.106 e. The van der Waals surface area contributed by atoms with Crippen LogP contribution in [0.15, 0.2) is 12.2 Å². The third kappa shape index (κ3) is 2.28. The van der Waals surface area contributed by atoms with Crippen molar-refractivity contribution in [3.05, 3.63) is 12.2 Å². The van der Waals surface area contributed by atoms with E-state index in [1.54, 1.807) is 7.11 Å². The molecule has 3 nitrogen and oxygen atoms in total. The minimum Gasteiger partial charge on any atom is -0.378 e. The van der Waals surface area contributed by atoms with Crippen molar-refractivity contribution in [2.75, 3.05) is 33.4 Å². The molecule has 1 saturated carbocycles. The molecule has 2 bridgehead atoms. The summed E-state index contributed by atoms with van der Waals surface area (Å²) < 4.78 is 11.1. The topological polar surface area (TPSA) is 30.5 Å². The molecule has 1 heterocycles. The second-order valence-electron chi connectivity index (χ2n) is 5.86. The van der Waals surface area contributed by atoms with Crippen LogP contribution in [0.1, 0.15) is 19.3 Å². The molecule has 96 valence electrons. The summed E-state index contributed by atoms with van der Waals surface area (Å²) in [5.74, 6) is 2.56. The second kappa shape index (κ2) is 4.71. The number of fused-ring (bicyclic) bond motifs is 2. The first-order valence-electron chi connectivity index (χ1n) is 6.83. The van der Waals surface area contributed by atoms with Crippen LogP contribution >= 0.6 is 0 Å². The van der Waals surface area contributed by atoms with Crippen molar-refractivity contribution in [3.63, 3.8) is 0 Å². The lowest BCUT2D eigenvalue weighted by Crippen LogP contribution is -2.44. The van der Waals surface area contributed by atoms with Gasteiger partial charge in [0, 0.05) is 26.7 Å². The van der Waals surface area contributed by atoms with Gasteiger partial charge in [0.05, 0.1) is 6.61 Å². The van der Waals surface area contributed by atoms with Gasteiger partial charge in [-0.05, 0) is 37.1 Å². The minimum absolute atomic E-state index is 0.0620. The zero-order chi connectivity index (χ0) is 11.7. The van der Waals surface area contributed by atoms with E-state index in [-0.39, 0.29) is 5.60 Å². The van der Waals surface area contributed by atoms with E-state index in [9.17, 15) is 0 Å². The fraction of sp³-hybridized carbons (Fsp3) is 0.857. The number of nitrogens with one attached hydrogen (secondary N) is 1. The van der Waals surface area contributed by atoms with Crippen LogP contribution in [-0.2, 0) is 9.47 Å². The van der Waals surface area contributed by atoms with Gasteiger partial charge in [-0.2, -0.15) is 0 Å². The molecule has 2 aliphatic carbocycles. The molecule has 0 amide bonds. The Hall–Kier alpha value is -0.380. The van der Waals surface area contributed by atoms with Crippen molar-refractivity contribution in [2.45, 2.75) is 24.9 Å². The van der Waals surface area contributed by atoms with Gasteiger partial charge < -0.3 is 14.8 Å². The van der Waals surface area contributed by atoms with Gasteiger partial charge >= 0.3 is 0 Å². The number of hydrogen-bond acceptors (Lipinski definition) is 3. The molecule has 3 rings (SSSR count). The van der Waals surface area contributed by atoms with Gasteiger partial charge in [0.15, 0.2) is 0 Å². The van der Waals surface area contributed by atoms with E-state index in [0.29, 0.717) is 0 Å². The monoisotopic (exact) mass is 237 g/mol. The first-order valence-corrected chi connectivity index (χ1v) is 6.83. The Kier molecular flexibility index (Phi) is 3.24. The van der Waals surface area contributed by atoms with Crippen LogP contribution in [-0.4, -0.2) is 39.0 Å². The largest absolute Gasteiger partial charge is 0.378 e. The highest BCUT2D eigenvalue weighted by molar-refractivity contribution is 5.10. The van der Waals surface area contributed by atoms with Gasteiger partial charge in [-0.15, -0.1) is 0 Å². The predicted octanol–water partition coefficient (Wildman–Crippen LogP) is 1.59. The fourth-order valence-electron chi connectivity index (χ4n) is 3.58. The van der Waals surface area contributed by atoms with Crippen LogP contribution < -0.4 is 5.32 Å². The van der Waals surface area contributed by atoms with Crippen molar-refractivity contribution in [1.29, 1.82) is 0 Å². The molecule has 3 heteroatoms. The highest BCUT2D eigenvalue weighted by Crippen LogP contribution is 2.43. The second-order valence-corrected chi connectivity index (χ2v) is 5.86. The zero-order valence-electron chi connectivity index (χ0n) is 10.7. The van der Waals surface area contributed by atoms with Crippen LogP contribution in [0.2, 0.25) is 0 Å². The number of ether oxygens (including phenoxy) is 2. The van der Waals surface area contributed by atoms with E-state index in [0.717, 1.165) is 50.5 Å². The summed E-state index contributed by atoms with van der Waals surface area (Å²) in [7, 11) is 1.80. The summed E-state index contributed by atoms with van der Waals surface area (Å²) in [6, 6.07) is 0. The maximum atomic E-state index is 5.62. The summed E-state index contributed by atoms with van der Waals surface area (Å²) in [6.07, 6.45) is 8.62. The quantitative estimate of drug-likeness (QED) is 0.737. The van der Waals surface area contributed by atoms with Crippen molar-refractivity contribution in [2.24, 2.45) is 17.8 Å². The number of methoxy groups -OCH3 is 1. The van der Waals surface area contributed by atoms with Gasteiger partial charge in [0.1, 0.15) is 5.60 Å². The van der Waals surface area contributed by atoms with E-state index in [4.69, 9.17) is 9.47 Å². The van der Waals surface area contributed by atoms with Gasteiger partial charge in [0.2, 0.25) is 0 Å². The molecule has 0 aromatic heterocycles.